The van der Waals surface area contributed by atoms with Crippen LogP contribution in [0, 0.1) is 12.3 Å². The Morgan fingerprint density at radius 3 is 3.00 bits per heavy atom. The maximum atomic E-state index is 11.7. The molecule has 0 bridgehead atoms. The number of fused-ring (bicyclic) bond motifs is 1. The Morgan fingerprint density at radius 2 is 2.31 bits per heavy atom. The van der Waals surface area contributed by atoms with E-state index in [9.17, 15) is 4.79 Å². The number of hydrogen-bond acceptors (Lipinski definition) is 2. The average molecular weight is 213 g/mol. The van der Waals surface area contributed by atoms with Crippen LogP contribution in [0.5, 0.6) is 0 Å². The summed E-state index contributed by atoms with van der Waals surface area (Å²) in [7, 11) is 0. The zero-order valence-electron chi connectivity index (χ0n) is 9.15. The van der Waals surface area contributed by atoms with E-state index in [1.165, 1.54) is 11.1 Å². The molecule has 0 spiro atoms. The van der Waals surface area contributed by atoms with E-state index in [1.807, 2.05) is 12.1 Å². The summed E-state index contributed by atoms with van der Waals surface area (Å²) in [5.41, 5.74) is 8.33. The summed E-state index contributed by atoms with van der Waals surface area (Å²) < 4.78 is 0. The van der Waals surface area contributed by atoms with Crippen LogP contribution < -0.4 is 5.73 Å². The minimum atomic E-state index is -0.488. The van der Waals surface area contributed by atoms with E-state index in [0.717, 1.165) is 6.42 Å². The Morgan fingerprint density at radius 1 is 1.56 bits per heavy atom. The molecule has 0 aliphatic heterocycles. The van der Waals surface area contributed by atoms with E-state index in [1.54, 1.807) is 0 Å². The second-order valence-corrected chi connectivity index (χ2v) is 4.29. The number of terminal acetylenes is 1. The highest BCUT2D eigenvalue weighted by Gasteiger charge is 2.28. The van der Waals surface area contributed by atoms with Crippen molar-refractivity contribution in [1.29, 1.82) is 0 Å². The van der Waals surface area contributed by atoms with E-state index in [-0.39, 0.29) is 5.78 Å². The molecule has 2 atom stereocenters. The molecular formula is C14H15NO. The van der Waals surface area contributed by atoms with Crippen LogP contribution in [0.4, 0.5) is 0 Å². The van der Waals surface area contributed by atoms with E-state index in [4.69, 9.17) is 12.2 Å². The van der Waals surface area contributed by atoms with Crippen LogP contribution >= 0.6 is 0 Å². The molecule has 0 amide bonds. The van der Waals surface area contributed by atoms with Crippen LogP contribution in [0.25, 0.3) is 0 Å². The van der Waals surface area contributed by atoms with Crippen LogP contribution in [0.2, 0.25) is 0 Å². The highest BCUT2D eigenvalue weighted by molar-refractivity contribution is 5.85. The summed E-state index contributed by atoms with van der Waals surface area (Å²) in [5, 5.41) is 0. The van der Waals surface area contributed by atoms with Crippen LogP contribution in [-0.4, -0.2) is 11.8 Å². The number of Topliss-reactive ketones (excluding diaryl/α,β-unsaturated/α-hetero) is 1. The van der Waals surface area contributed by atoms with Crippen molar-refractivity contribution in [3.8, 4) is 12.3 Å². The van der Waals surface area contributed by atoms with Gasteiger partial charge >= 0.3 is 0 Å². The number of nitrogens with two attached hydrogens (primary N) is 1. The zero-order valence-corrected chi connectivity index (χ0v) is 9.15. The summed E-state index contributed by atoms with van der Waals surface area (Å²) in [6.07, 6.45) is 7.00. The minimum Gasteiger partial charge on any atom is -0.321 e. The van der Waals surface area contributed by atoms with Crippen molar-refractivity contribution in [2.24, 2.45) is 5.73 Å². The minimum absolute atomic E-state index is 0.0810. The first-order valence-electron chi connectivity index (χ1n) is 5.52. The predicted molar refractivity (Wildman–Crippen MR) is 63.9 cm³/mol. The molecule has 0 heterocycles. The highest BCUT2D eigenvalue weighted by Crippen LogP contribution is 2.37. The summed E-state index contributed by atoms with van der Waals surface area (Å²) in [4.78, 5) is 11.7. The van der Waals surface area contributed by atoms with Crippen molar-refractivity contribution in [2.75, 3.05) is 0 Å². The van der Waals surface area contributed by atoms with Gasteiger partial charge in [-0.3, -0.25) is 4.79 Å². The quantitative estimate of drug-likeness (QED) is 0.773. The first-order chi connectivity index (χ1) is 7.72. The molecule has 0 fully saturated rings. The molecule has 0 aromatic heterocycles. The second kappa shape index (κ2) is 4.51. The van der Waals surface area contributed by atoms with Crippen LogP contribution in [0.1, 0.15) is 29.9 Å². The third-order valence-corrected chi connectivity index (χ3v) is 3.16. The molecule has 2 rings (SSSR count). The van der Waals surface area contributed by atoms with Gasteiger partial charge < -0.3 is 5.73 Å². The lowest BCUT2D eigenvalue weighted by Crippen LogP contribution is -2.33. The molecule has 2 N–H and O–H groups in total. The van der Waals surface area contributed by atoms with Gasteiger partial charge in [-0.1, -0.05) is 24.3 Å². The smallest absolute Gasteiger partial charge is 0.151 e. The number of benzene rings is 1. The summed E-state index contributed by atoms with van der Waals surface area (Å²) in [5.74, 6) is 2.87. The van der Waals surface area contributed by atoms with Gasteiger partial charge in [0.05, 0.1) is 6.04 Å². The summed E-state index contributed by atoms with van der Waals surface area (Å²) in [6.45, 7) is 0. The van der Waals surface area contributed by atoms with Crippen molar-refractivity contribution in [3.05, 3.63) is 35.4 Å². The van der Waals surface area contributed by atoms with Gasteiger partial charge in [-0.05, 0) is 23.5 Å². The second-order valence-electron chi connectivity index (χ2n) is 4.29. The molecule has 2 nitrogen and oxygen atoms in total. The number of carbonyl (C=O) groups excluding carboxylic acids is 1. The third-order valence-electron chi connectivity index (χ3n) is 3.16. The van der Waals surface area contributed by atoms with Crippen molar-refractivity contribution < 1.29 is 4.79 Å². The molecule has 0 saturated heterocycles. The van der Waals surface area contributed by atoms with Gasteiger partial charge in [0.1, 0.15) is 0 Å². The topological polar surface area (TPSA) is 43.1 Å². The van der Waals surface area contributed by atoms with Crippen LogP contribution in [0.3, 0.4) is 0 Å². The SMILES string of the molecule is C#CCC(N)C(=O)CC1Cc2ccccc21. The Balaban J connectivity index is 1.95. The molecule has 2 heteroatoms. The van der Waals surface area contributed by atoms with Crippen molar-refractivity contribution in [3.63, 3.8) is 0 Å². The molecule has 1 aromatic rings. The number of ketones is 1. The van der Waals surface area contributed by atoms with Gasteiger partial charge in [-0.15, -0.1) is 12.3 Å². The van der Waals surface area contributed by atoms with Gasteiger partial charge in [-0.25, -0.2) is 0 Å². The molecule has 1 aromatic carbocycles. The zero-order chi connectivity index (χ0) is 11.5. The maximum Gasteiger partial charge on any atom is 0.151 e. The van der Waals surface area contributed by atoms with Gasteiger partial charge in [0.2, 0.25) is 0 Å². The van der Waals surface area contributed by atoms with E-state index in [2.05, 4.69) is 18.1 Å². The van der Waals surface area contributed by atoms with Crippen molar-refractivity contribution in [1.82, 2.24) is 0 Å². The molecule has 1 aliphatic rings. The first kappa shape index (κ1) is 10.9. The van der Waals surface area contributed by atoms with E-state index < -0.39 is 6.04 Å². The number of hydrogen-bond donors (Lipinski definition) is 1. The lowest BCUT2D eigenvalue weighted by Gasteiger charge is -2.30. The van der Waals surface area contributed by atoms with E-state index >= 15 is 0 Å². The largest absolute Gasteiger partial charge is 0.321 e. The number of carbonyl (C=O) groups is 1. The van der Waals surface area contributed by atoms with Gasteiger partial charge in [-0.2, -0.15) is 0 Å². The fraction of sp³-hybridized carbons (Fsp3) is 0.357. The van der Waals surface area contributed by atoms with Crippen molar-refractivity contribution in [2.45, 2.75) is 31.2 Å². The predicted octanol–water partition coefficient (Wildman–Crippen LogP) is 1.64. The lowest BCUT2D eigenvalue weighted by molar-refractivity contribution is -0.120. The fourth-order valence-corrected chi connectivity index (χ4v) is 2.18. The van der Waals surface area contributed by atoms with Crippen LogP contribution in [-0.2, 0) is 11.2 Å². The van der Waals surface area contributed by atoms with Gasteiger partial charge in [0, 0.05) is 12.8 Å². The molecule has 0 radical (unpaired) electrons. The third kappa shape index (κ3) is 2.00. The standard InChI is InChI=1S/C14H15NO/c1-2-5-13(15)14(16)9-11-8-10-6-3-4-7-12(10)11/h1,3-4,6-7,11,13H,5,8-9,15H2. The van der Waals surface area contributed by atoms with Gasteiger partial charge in [0.25, 0.3) is 0 Å². The lowest BCUT2D eigenvalue weighted by atomic mass is 9.74. The number of rotatable bonds is 4. The molecule has 2 unspecified atom stereocenters. The Bertz CT molecular complexity index is 444. The average Bonchev–Trinajstić information content (AvgIpc) is 2.26. The molecule has 1 aliphatic carbocycles. The van der Waals surface area contributed by atoms with Crippen LogP contribution in [0.15, 0.2) is 24.3 Å². The molecule has 0 saturated carbocycles. The maximum absolute atomic E-state index is 11.7. The highest BCUT2D eigenvalue weighted by atomic mass is 16.1. The molecule has 16 heavy (non-hydrogen) atoms. The normalized spacial score (nSPS) is 19.1. The Labute approximate surface area is 95.8 Å². The molecular weight excluding hydrogens is 198 g/mol. The molecule has 82 valence electrons. The monoisotopic (exact) mass is 213 g/mol. The Hall–Kier alpha value is -1.59. The summed E-state index contributed by atoms with van der Waals surface area (Å²) >= 11 is 0. The first-order valence-corrected chi connectivity index (χ1v) is 5.52. The van der Waals surface area contributed by atoms with Gasteiger partial charge in [0.15, 0.2) is 5.78 Å². The fourth-order valence-electron chi connectivity index (χ4n) is 2.18. The van der Waals surface area contributed by atoms with E-state index in [0.29, 0.717) is 18.8 Å². The van der Waals surface area contributed by atoms with Crippen molar-refractivity contribution >= 4 is 5.78 Å². The Kier molecular flexibility index (Phi) is 3.07. The summed E-state index contributed by atoms with van der Waals surface area (Å²) in [6, 6.07) is 7.75.